The van der Waals surface area contributed by atoms with Gasteiger partial charge < -0.3 is 5.73 Å². The zero-order chi connectivity index (χ0) is 7.56. The van der Waals surface area contributed by atoms with Crippen LogP contribution >= 0.6 is 0 Å². The van der Waals surface area contributed by atoms with E-state index in [0.29, 0.717) is 12.5 Å². The van der Waals surface area contributed by atoms with E-state index in [4.69, 9.17) is 12.2 Å². The molecule has 0 aromatic rings. The van der Waals surface area contributed by atoms with Crippen LogP contribution in [0.4, 0.5) is 0 Å². The molecule has 0 aromatic heterocycles. The second-order valence-corrected chi connectivity index (χ2v) is 2.69. The Labute approximate surface area is 60.8 Å². The van der Waals surface area contributed by atoms with Crippen molar-refractivity contribution in [3.05, 3.63) is 0 Å². The Morgan fingerprint density at radius 3 is 2.90 bits per heavy atom. The number of ketones is 1. The predicted molar refractivity (Wildman–Crippen MR) is 39.1 cm³/mol. The summed E-state index contributed by atoms with van der Waals surface area (Å²) in [5.41, 5.74) is 5.35. The molecule has 0 aliphatic heterocycles. The Morgan fingerprint density at radius 2 is 2.50 bits per heavy atom. The van der Waals surface area contributed by atoms with Crippen LogP contribution in [0.15, 0.2) is 0 Å². The summed E-state index contributed by atoms with van der Waals surface area (Å²) in [4.78, 5) is 11.0. The number of carbonyl (C=O) groups excluding carboxylic acids is 1. The van der Waals surface area contributed by atoms with Crippen LogP contribution < -0.4 is 5.73 Å². The van der Waals surface area contributed by atoms with Gasteiger partial charge in [0.1, 0.15) is 5.78 Å². The minimum Gasteiger partial charge on any atom is -0.330 e. The number of carbonyl (C=O) groups is 1. The maximum Gasteiger partial charge on any atom is 0.148 e. The third-order valence-electron chi connectivity index (χ3n) is 1.92. The molecule has 0 amide bonds. The fourth-order valence-electron chi connectivity index (χ4n) is 1.13. The van der Waals surface area contributed by atoms with Crippen molar-refractivity contribution in [1.29, 1.82) is 0 Å². The monoisotopic (exact) mass is 137 g/mol. The quantitative estimate of drug-likeness (QED) is 0.563. The van der Waals surface area contributed by atoms with Crippen LogP contribution in [0.1, 0.15) is 12.8 Å². The number of Topliss-reactive ketones (excluding diaryl/α,β-unsaturated/α-hetero) is 1. The maximum absolute atomic E-state index is 11.0. The second kappa shape index (κ2) is 2.85. The van der Waals surface area contributed by atoms with Gasteiger partial charge in [-0.15, -0.1) is 6.42 Å². The van der Waals surface area contributed by atoms with Crippen molar-refractivity contribution in [1.82, 2.24) is 0 Å². The summed E-state index contributed by atoms with van der Waals surface area (Å²) >= 11 is 0. The zero-order valence-corrected chi connectivity index (χ0v) is 5.84. The average Bonchev–Trinajstić information content (AvgIpc) is 2.66. The van der Waals surface area contributed by atoms with Gasteiger partial charge in [-0.25, -0.2) is 0 Å². The van der Waals surface area contributed by atoms with E-state index < -0.39 is 0 Å². The average molecular weight is 137 g/mol. The van der Waals surface area contributed by atoms with Gasteiger partial charge >= 0.3 is 0 Å². The van der Waals surface area contributed by atoms with Crippen LogP contribution in [0.2, 0.25) is 0 Å². The molecule has 2 unspecified atom stereocenters. The number of hydrogen-bond donors (Lipinski definition) is 1. The fourth-order valence-corrected chi connectivity index (χ4v) is 1.13. The lowest BCUT2D eigenvalue weighted by atomic mass is 10.2. The standard InChI is InChI=1S/C8H11NO/c1-2-3-8(10)7-4-6(7)5-9/h1,6-7H,3-5,9H2. The Kier molecular flexibility index (Phi) is 2.08. The molecule has 0 aromatic carbocycles. The first-order valence-corrected chi connectivity index (χ1v) is 3.45. The van der Waals surface area contributed by atoms with Gasteiger partial charge in [-0.3, -0.25) is 4.79 Å². The van der Waals surface area contributed by atoms with Gasteiger partial charge in [0.05, 0.1) is 6.42 Å². The van der Waals surface area contributed by atoms with E-state index in [1.54, 1.807) is 0 Å². The first-order valence-electron chi connectivity index (χ1n) is 3.45. The highest BCUT2D eigenvalue weighted by Crippen LogP contribution is 2.38. The summed E-state index contributed by atoms with van der Waals surface area (Å²) in [5.74, 6) is 3.16. The van der Waals surface area contributed by atoms with E-state index in [0.717, 1.165) is 6.42 Å². The molecule has 54 valence electrons. The van der Waals surface area contributed by atoms with Crippen LogP contribution in [0.25, 0.3) is 0 Å². The Morgan fingerprint density at radius 1 is 1.80 bits per heavy atom. The first-order chi connectivity index (χ1) is 4.79. The van der Waals surface area contributed by atoms with Gasteiger partial charge in [-0.05, 0) is 18.9 Å². The smallest absolute Gasteiger partial charge is 0.148 e. The summed E-state index contributed by atoms with van der Waals surface area (Å²) in [7, 11) is 0. The third-order valence-corrected chi connectivity index (χ3v) is 1.92. The molecule has 0 saturated heterocycles. The van der Waals surface area contributed by atoms with Crippen molar-refractivity contribution in [2.24, 2.45) is 17.6 Å². The fraction of sp³-hybridized carbons (Fsp3) is 0.625. The Balaban J connectivity index is 2.27. The van der Waals surface area contributed by atoms with Crippen molar-refractivity contribution in [3.8, 4) is 12.3 Å². The Hall–Kier alpha value is -0.810. The lowest BCUT2D eigenvalue weighted by Gasteiger charge is -1.90. The third kappa shape index (κ3) is 1.37. The predicted octanol–water partition coefficient (Wildman–Crippen LogP) is 0.174. The molecule has 1 aliphatic rings. The van der Waals surface area contributed by atoms with Crippen LogP contribution in [-0.4, -0.2) is 12.3 Å². The van der Waals surface area contributed by atoms with E-state index in [9.17, 15) is 4.79 Å². The molecule has 1 rings (SSSR count). The summed E-state index contributed by atoms with van der Waals surface area (Å²) in [5, 5.41) is 0. The lowest BCUT2D eigenvalue weighted by Crippen LogP contribution is -2.07. The molecule has 1 aliphatic carbocycles. The number of nitrogens with two attached hydrogens (primary N) is 1. The molecule has 2 nitrogen and oxygen atoms in total. The summed E-state index contributed by atoms with van der Waals surface area (Å²) in [6.07, 6.45) is 6.21. The van der Waals surface area contributed by atoms with Crippen LogP contribution in [-0.2, 0) is 4.79 Å². The number of rotatable bonds is 3. The van der Waals surface area contributed by atoms with Gasteiger partial charge in [-0.2, -0.15) is 0 Å². The minimum absolute atomic E-state index is 0.193. The Bertz CT molecular complexity index is 180. The largest absolute Gasteiger partial charge is 0.330 e. The number of terminal acetylenes is 1. The van der Waals surface area contributed by atoms with Gasteiger partial charge in [0, 0.05) is 5.92 Å². The normalized spacial score (nSPS) is 29.2. The first kappa shape index (κ1) is 7.30. The van der Waals surface area contributed by atoms with Crippen molar-refractivity contribution in [2.45, 2.75) is 12.8 Å². The molecule has 2 heteroatoms. The molecule has 0 radical (unpaired) electrons. The van der Waals surface area contributed by atoms with E-state index >= 15 is 0 Å². The van der Waals surface area contributed by atoms with E-state index in [2.05, 4.69) is 5.92 Å². The molecule has 10 heavy (non-hydrogen) atoms. The van der Waals surface area contributed by atoms with Crippen molar-refractivity contribution in [2.75, 3.05) is 6.54 Å². The topological polar surface area (TPSA) is 43.1 Å². The van der Waals surface area contributed by atoms with Crippen molar-refractivity contribution in [3.63, 3.8) is 0 Å². The molecule has 1 fully saturated rings. The molecule has 0 spiro atoms. The summed E-state index contributed by atoms with van der Waals surface area (Å²) in [6.45, 7) is 0.626. The van der Waals surface area contributed by atoms with Gasteiger partial charge in [0.2, 0.25) is 0 Å². The maximum atomic E-state index is 11.0. The molecule has 2 N–H and O–H groups in total. The SMILES string of the molecule is C#CCC(=O)C1CC1CN. The van der Waals surface area contributed by atoms with E-state index in [1.165, 1.54) is 0 Å². The lowest BCUT2D eigenvalue weighted by molar-refractivity contribution is -0.119. The molecule has 0 bridgehead atoms. The summed E-state index contributed by atoms with van der Waals surface area (Å²) < 4.78 is 0. The molecule has 1 saturated carbocycles. The molecular formula is C8H11NO. The highest BCUT2D eigenvalue weighted by molar-refractivity contribution is 5.85. The van der Waals surface area contributed by atoms with E-state index in [1.807, 2.05) is 0 Å². The number of hydrogen-bond acceptors (Lipinski definition) is 2. The minimum atomic E-state index is 0.193. The molecule has 2 atom stereocenters. The van der Waals surface area contributed by atoms with Crippen LogP contribution in [0, 0.1) is 24.2 Å². The van der Waals surface area contributed by atoms with Gasteiger partial charge in [0.15, 0.2) is 0 Å². The molecular weight excluding hydrogens is 126 g/mol. The molecule has 0 heterocycles. The summed E-state index contributed by atoms with van der Waals surface area (Å²) in [6, 6.07) is 0. The van der Waals surface area contributed by atoms with Crippen LogP contribution in [0.5, 0.6) is 0 Å². The highest BCUT2D eigenvalue weighted by Gasteiger charge is 2.40. The highest BCUT2D eigenvalue weighted by atomic mass is 16.1. The van der Waals surface area contributed by atoms with Gasteiger partial charge in [-0.1, -0.05) is 5.92 Å². The van der Waals surface area contributed by atoms with Crippen LogP contribution in [0.3, 0.4) is 0 Å². The van der Waals surface area contributed by atoms with Gasteiger partial charge in [0.25, 0.3) is 0 Å². The van der Waals surface area contributed by atoms with Crippen molar-refractivity contribution < 1.29 is 4.79 Å². The second-order valence-electron chi connectivity index (χ2n) is 2.69. The zero-order valence-electron chi connectivity index (χ0n) is 5.84. The van der Waals surface area contributed by atoms with Crippen molar-refractivity contribution >= 4 is 5.78 Å². The van der Waals surface area contributed by atoms with E-state index in [-0.39, 0.29) is 18.1 Å².